The minimum absolute atomic E-state index is 0.927. The molecule has 1 N–H and O–H groups in total. The standard InChI is InChI=1S/C14H9N3S/c1-2-12(18-7-1)14-16-11-4-3-9-5-6-15-8-10(9)13(11)17-14/h1-8H,(H,16,17). The van der Waals surface area contributed by atoms with E-state index in [9.17, 15) is 0 Å². The van der Waals surface area contributed by atoms with Crippen LogP contribution >= 0.6 is 11.3 Å². The third-order valence-corrected chi connectivity index (χ3v) is 3.90. The lowest BCUT2D eigenvalue weighted by molar-refractivity contribution is 1.35. The molecule has 1 aromatic carbocycles. The van der Waals surface area contributed by atoms with E-state index in [2.05, 4.69) is 33.5 Å². The average Bonchev–Trinajstić information content (AvgIpc) is 3.07. The van der Waals surface area contributed by atoms with Crippen LogP contribution in [0.15, 0.2) is 48.1 Å². The molecule has 3 nitrogen and oxygen atoms in total. The Morgan fingerprint density at radius 1 is 1.11 bits per heavy atom. The number of imidazole rings is 1. The summed E-state index contributed by atoms with van der Waals surface area (Å²) in [6, 6.07) is 10.3. The number of nitrogens with zero attached hydrogens (tertiary/aromatic N) is 2. The second-order valence-corrected chi connectivity index (χ2v) is 5.07. The summed E-state index contributed by atoms with van der Waals surface area (Å²) >= 11 is 1.69. The van der Waals surface area contributed by atoms with Gasteiger partial charge in [0.15, 0.2) is 0 Å². The zero-order valence-electron chi connectivity index (χ0n) is 9.42. The number of aromatic amines is 1. The third-order valence-electron chi connectivity index (χ3n) is 3.03. The van der Waals surface area contributed by atoms with Crippen LogP contribution in [-0.2, 0) is 0 Å². The molecule has 0 spiro atoms. The van der Waals surface area contributed by atoms with Crippen molar-refractivity contribution >= 4 is 33.1 Å². The van der Waals surface area contributed by atoms with Crippen LogP contribution in [0.2, 0.25) is 0 Å². The average molecular weight is 251 g/mol. The highest BCUT2D eigenvalue weighted by molar-refractivity contribution is 7.13. The Morgan fingerprint density at radius 3 is 3.00 bits per heavy atom. The van der Waals surface area contributed by atoms with Crippen molar-refractivity contribution in [3.05, 3.63) is 48.1 Å². The highest BCUT2D eigenvalue weighted by atomic mass is 32.1. The Morgan fingerprint density at radius 2 is 2.11 bits per heavy atom. The summed E-state index contributed by atoms with van der Waals surface area (Å²) in [5.41, 5.74) is 2.04. The van der Waals surface area contributed by atoms with Crippen LogP contribution in [0.25, 0.3) is 32.5 Å². The molecule has 0 saturated carbocycles. The minimum Gasteiger partial charge on any atom is -0.337 e. The van der Waals surface area contributed by atoms with Gasteiger partial charge in [-0.2, -0.15) is 0 Å². The molecule has 0 bridgehead atoms. The molecule has 0 unspecified atom stereocenters. The van der Waals surface area contributed by atoms with E-state index in [1.807, 2.05) is 18.3 Å². The molecule has 0 amide bonds. The van der Waals surface area contributed by atoms with Gasteiger partial charge in [-0.05, 0) is 29.0 Å². The molecule has 0 fully saturated rings. The number of hydrogen-bond acceptors (Lipinski definition) is 3. The molecule has 0 radical (unpaired) electrons. The molecule has 0 saturated heterocycles. The van der Waals surface area contributed by atoms with Gasteiger partial charge in [0.05, 0.1) is 15.9 Å². The van der Waals surface area contributed by atoms with Crippen LogP contribution in [-0.4, -0.2) is 15.0 Å². The summed E-state index contributed by atoms with van der Waals surface area (Å²) in [4.78, 5) is 13.4. The number of thiophene rings is 1. The van der Waals surface area contributed by atoms with E-state index in [-0.39, 0.29) is 0 Å². The molecular formula is C14H9N3S. The maximum Gasteiger partial charge on any atom is 0.148 e. The van der Waals surface area contributed by atoms with Crippen molar-refractivity contribution in [2.24, 2.45) is 0 Å². The van der Waals surface area contributed by atoms with Gasteiger partial charge >= 0.3 is 0 Å². The normalized spacial score (nSPS) is 11.3. The van der Waals surface area contributed by atoms with Gasteiger partial charge in [0.25, 0.3) is 0 Å². The van der Waals surface area contributed by atoms with Crippen molar-refractivity contribution in [2.45, 2.75) is 0 Å². The van der Waals surface area contributed by atoms with Crippen molar-refractivity contribution in [3.63, 3.8) is 0 Å². The van der Waals surface area contributed by atoms with E-state index >= 15 is 0 Å². The Kier molecular flexibility index (Phi) is 1.98. The Hall–Kier alpha value is -2.20. The molecule has 4 aromatic rings. The monoisotopic (exact) mass is 251 g/mol. The van der Waals surface area contributed by atoms with Crippen molar-refractivity contribution in [1.82, 2.24) is 15.0 Å². The van der Waals surface area contributed by atoms with Crippen molar-refractivity contribution < 1.29 is 0 Å². The lowest BCUT2D eigenvalue weighted by atomic mass is 10.1. The SMILES string of the molecule is c1csc(-c2nc3c(ccc4ccncc43)[nH]2)c1. The van der Waals surface area contributed by atoms with E-state index in [0.29, 0.717) is 0 Å². The second-order valence-electron chi connectivity index (χ2n) is 4.12. The zero-order chi connectivity index (χ0) is 11.9. The quantitative estimate of drug-likeness (QED) is 0.558. The number of hydrogen-bond donors (Lipinski definition) is 1. The first kappa shape index (κ1) is 9.79. The number of aromatic nitrogens is 3. The maximum absolute atomic E-state index is 4.70. The van der Waals surface area contributed by atoms with Gasteiger partial charge in [0.1, 0.15) is 5.82 Å². The van der Waals surface area contributed by atoms with Crippen LogP contribution in [0.3, 0.4) is 0 Å². The predicted octanol–water partition coefficient (Wildman–Crippen LogP) is 3.84. The second kappa shape index (κ2) is 3.65. The zero-order valence-corrected chi connectivity index (χ0v) is 10.2. The Balaban J connectivity index is 2.08. The number of benzene rings is 1. The largest absolute Gasteiger partial charge is 0.337 e. The molecule has 3 heterocycles. The predicted molar refractivity (Wildman–Crippen MR) is 74.7 cm³/mol. The van der Waals surface area contributed by atoms with Gasteiger partial charge in [0.2, 0.25) is 0 Å². The van der Waals surface area contributed by atoms with Gasteiger partial charge in [-0.25, -0.2) is 4.98 Å². The molecule has 4 rings (SSSR count). The van der Waals surface area contributed by atoms with Gasteiger partial charge in [-0.15, -0.1) is 11.3 Å². The first-order chi connectivity index (χ1) is 8.92. The summed E-state index contributed by atoms with van der Waals surface area (Å²) in [7, 11) is 0. The number of nitrogens with one attached hydrogen (secondary N) is 1. The van der Waals surface area contributed by atoms with Crippen LogP contribution in [0, 0.1) is 0 Å². The van der Waals surface area contributed by atoms with Crippen molar-refractivity contribution in [3.8, 4) is 10.7 Å². The molecule has 4 heteroatoms. The first-order valence-electron chi connectivity index (χ1n) is 5.68. The fourth-order valence-corrected chi connectivity index (χ4v) is 2.83. The van der Waals surface area contributed by atoms with Crippen LogP contribution in [0.1, 0.15) is 0 Å². The van der Waals surface area contributed by atoms with E-state index in [1.165, 1.54) is 5.39 Å². The summed E-state index contributed by atoms with van der Waals surface area (Å²) in [5.74, 6) is 0.927. The molecule has 86 valence electrons. The van der Waals surface area contributed by atoms with Gasteiger partial charge in [0, 0.05) is 17.8 Å². The van der Waals surface area contributed by atoms with E-state index in [1.54, 1.807) is 17.5 Å². The van der Waals surface area contributed by atoms with E-state index in [4.69, 9.17) is 4.98 Å². The maximum atomic E-state index is 4.70. The van der Waals surface area contributed by atoms with Gasteiger partial charge in [-0.1, -0.05) is 12.1 Å². The summed E-state index contributed by atoms with van der Waals surface area (Å²) in [6.07, 6.45) is 3.68. The number of rotatable bonds is 1. The van der Waals surface area contributed by atoms with Crippen LogP contribution < -0.4 is 0 Å². The highest BCUT2D eigenvalue weighted by Crippen LogP contribution is 2.28. The van der Waals surface area contributed by atoms with E-state index < -0.39 is 0 Å². The topological polar surface area (TPSA) is 41.6 Å². The summed E-state index contributed by atoms with van der Waals surface area (Å²) in [5, 5.41) is 4.32. The number of fused-ring (bicyclic) bond motifs is 3. The molecule has 0 aliphatic carbocycles. The molecule has 3 aromatic heterocycles. The highest BCUT2D eigenvalue weighted by Gasteiger charge is 2.08. The lowest BCUT2D eigenvalue weighted by Crippen LogP contribution is -1.77. The summed E-state index contributed by atoms with van der Waals surface area (Å²) < 4.78 is 0. The van der Waals surface area contributed by atoms with Crippen molar-refractivity contribution in [2.75, 3.05) is 0 Å². The molecule has 0 atom stereocenters. The number of pyridine rings is 1. The van der Waals surface area contributed by atoms with Crippen LogP contribution in [0.5, 0.6) is 0 Å². The smallest absolute Gasteiger partial charge is 0.148 e. The third kappa shape index (κ3) is 1.36. The van der Waals surface area contributed by atoms with Crippen LogP contribution in [0.4, 0.5) is 0 Å². The fraction of sp³-hybridized carbons (Fsp3) is 0. The lowest BCUT2D eigenvalue weighted by Gasteiger charge is -1.95. The first-order valence-corrected chi connectivity index (χ1v) is 6.56. The Bertz CT molecular complexity index is 831. The van der Waals surface area contributed by atoms with E-state index in [0.717, 1.165) is 27.1 Å². The molecule has 18 heavy (non-hydrogen) atoms. The molecular weight excluding hydrogens is 242 g/mol. The number of H-pyrrole nitrogens is 1. The Labute approximate surface area is 107 Å². The molecule has 0 aliphatic heterocycles. The van der Waals surface area contributed by atoms with Gasteiger partial charge in [-0.3, -0.25) is 4.98 Å². The van der Waals surface area contributed by atoms with Gasteiger partial charge < -0.3 is 4.98 Å². The fourth-order valence-electron chi connectivity index (χ4n) is 2.16. The molecule has 0 aliphatic rings. The van der Waals surface area contributed by atoms with Crippen molar-refractivity contribution in [1.29, 1.82) is 0 Å². The minimum atomic E-state index is 0.927. The summed E-state index contributed by atoms with van der Waals surface area (Å²) in [6.45, 7) is 0.